The molecule has 0 saturated carbocycles. The molecule has 0 unspecified atom stereocenters. The number of ether oxygens (including phenoxy) is 4. The summed E-state index contributed by atoms with van der Waals surface area (Å²) in [6.45, 7) is -0.179. The highest BCUT2D eigenvalue weighted by Gasteiger charge is 2.14. The average Bonchev–Trinajstić information content (AvgIpc) is 2.51. The van der Waals surface area contributed by atoms with E-state index < -0.39 is 16.8 Å². The first-order valence-electron chi connectivity index (χ1n) is 6.03. The molecule has 120 valence electrons. The number of hydrogen-bond donors (Lipinski definition) is 0. The molecule has 0 amide bonds. The highest BCUT2D eigenvalue weighted by molar-refractivity contribution is 6.44. The first-order chi connectivity index (χ1) is 10.5. The van der Waals surface area contributed by atoms with Crippen LogP contribution in [0.25, 0.3) is 0 Å². The van der Waals surface area contributed by atoms with E-state index in [0.717, 1.165) is 12.2 Å². The fraction of sp³-hybridized carbons (Fsp3) is 0.286. The van der Waals surface area contributed by atoms with Crippen molar-refractivity contribution in [3.05, 3.63) is 30.4 Å². The lowest BCUT2D eigenvalue weighted by atomic mass is 10.3. The molecular weight excluding hydrogens is 335 g/mol. The zero-order valence-corrected chi connectivity index (χ0v) is 13.4. The molecule has 0 aliphatic carbocycles. The van der Waals surface area contributed by atoms with E-state index in [1.165, 1.54) is 14.2 Å². The summed E-state index contributed by atoms with van der Waals surface area (Å²) in [5.74, 6) is -0.827. The molecule has 0 saturated heterocycles. The first kappa shape index (κ1) is 18.1. The summed E-state index contributed by atoms with van der Waals surface area (Å²) < 4.78 is 19.9. The van der Waals surface area contributed by atoms with Crippen LogP contribution in [0.5, 0.6) is 17.2 Å². The molecule has 0 aliphatic heterocycles. The van der Waals surface area contributed by atoms with E-state index in [9.17, 15) is 9.59 Å². The van der Waals surface area contributed by atoms with Crippen molar-refractivity contribution in [2.45, 2.75) is 4.84 Å². The predicted octanol–water partition coefficient (Wildman–Crippen LogP) is 2.51. The molecule has 22 heavy (non-hydrogen) atoms. The molecule has 1 aromatic carbocycles. The van der Waals surface area contributed by atoms with E-state index in [0.29, 0.717) is 11.5 Å². The van der Waals surface area contributed by atoms with E-state index in [1.807, 2.05) is 0 Å². The minimum Gasteiger partial charge on any atom is -0.493 e. The van der Waals surface area contributed by atoms with Crippen molar-refractivity contribution >= 4 is 35.1 Å². The highest BCUT2D eigenvalue weighted by Crippen LogP contribution is 2.36. The fourth-order valence-electron chi connectivity index (χ4n) is 1.38. The van der Waals surface area contributed by atoms with Crippen LogP contribution >= 0.6 is 23.2 Å². The average molecular weight is 349 g/mol. The Morgan fingerprint density at radius 1 is 1.09 bits per heavy atom. The summed E-state index contributed by atoms with van der Waals surface area (Å²) in [4.78, 5) is 22.1. The summed E-state index contributed by atoms with van der Waals surface area (Å²) in [5, 5.41) is 0. The topological polar surface area (TPSA) is 71.1 Å². The molecule has 8 heteroatoms. The number of methoxy groups -OCH3 is 2. The van der Waals surface area contributed by atoms with Gasteiger partial charge < -0.3 is 18.9 Å². The van der Waals surface area contributed by atoms with E-state index in [-0.39, 0.29) is 12.4 Å². The number of para-hydroxylation sites is 1. The normalized spacial score (nSPS) is 10.6. The standard InChI is InChI=1S/C14H14Cl2O6/c1-19-9-4-3-5-10(20-2)14(9)22-13(18)7-6-12(17)21-8-11(15)16/h3-7,11H,8H2,1-2H3/b7-6+. The lowest BCUT2D eigenvalue weighted by Gasteiger charge is -2.11. The van der Waals surface area contributed by atoms with Gasteiger partial charge in [-0.25, -0.2) is 9.59 Å². The molecule has 6 nitrogen and oxygen atoms in total. The third-order valence-electron chi connectivity index (χ3n) is 2.29. The quantitative estimate of drug-likeness (QED) is 0.326. The molecule has 0 heterocycles. The Labute approximate surface area is 137 Å². The predicted molar refractivity (Wildman–Crippen MR) is 80.8 cm³/mol. The molecule has 0 aromatic heterocycles. The lowest BCUT2D eigenvalue weighted by molar-refractivity contribution is -0.138. The molecular formula is C14H14Cl2O6. The summed E-state index contributed by atoms with van der Waals surface area (Å²) in [6.07, 6.45) is 1.81. The van der Waals surface area contributed by atoms with Gasteiger partial charge in [-0.3, -0.25) is 0 Å². The monoisotopic (exact) mass is 348 g/mol. The van der Waals surface area contributed by atoms with Crippen LogP contribution < -0.4 is 14.2 Å². The van der Waals surface area contributed by atoms with Gasteiger partial charge in [0.15, 0.2) is 11.5 Å². The zero-order valence-electron chi connectivity index (χ0n) is 11.9. The Hall–Kier alpha value is -1.92. The van der Waals surface area contributed by atoms with Crippen molar-refractivity contribution in [3.8, 4) is 17.2 Å². The Morgan fingerprint density at radius 3 is 2.14 bits per heavy atom. The fourth-order valence-corrected chi connectivity index (χ4v) is 1.51. The van der Waals surface area contributed by atoms with Gasteiger partial charge in [0.25, 0.3) is 0 Å². The second-order valence-electron chi connectivity index (χ2n) is 3.77. The summed E-state index contributed by atoms with van der Waals surface area (Å²) in [5.41, 5.74) is 0. The maximum absolute atomic E-state index is 11.7. The summed E-state index contributed by atoms with van der Waals surface area (Å²) in [6, 6.07) is 4.88. The number of esters is 2. The largest absolute Gasteiger partial charge is 0.493 e. The van der Waals surface area contributed by atoms with Gasteiger partial charge in [-0.15, -0.1) is 23.2 Å². The van der Waals surface area contributed by atoms with Crippen molar-refractivity contribution in [1.82, 2.24) is 0 Å². The van der Waals surface area contributed by atoms with E-state index in [2.05, 4.69) is 4.74 Å². The van der Waals surface area contributed by atoms with E-state index in [1.54, 1.807) is 18.2 Å². The summed E-state index contributed by atoms with van der Waals surface area (Å²) >= 11 is 10.8. The number of hydrogen-bond acceptors (Lipinski definition) is 6. The van der Waals surface area contributed by atoms with Gasteiger partial charge in [-0.05, 0) is 12.1 Å². The van der Waals surface area contributed by atoms with Crippen molar-refractivity contribution in [3.63, 3.8) is 0 Å². The number of benzene rings is 1. The van der Waals surface area contributed by atoms with Gasteiger partial charge in [0, 0.05) is 12.2 Å². The molecule has 0 atom stereocenters. The molecule has 1 rings (SSSR count). The first-order valence-corrected chi connectivity index (χ1v) is 6.91. The molecule has 0 bridgehead atoms. The molecule has 0 spiro atoms. The Morgan fingerprint density at radius 2 is 1.64 bits per heavy atom. The Bertz CT molecular complexity index is 534. The number of alkyl halides is 2. The number of halogens is 2. The van der Waals surface area contributed by atoms with Crippen LogP contribution in [-0.4, -0.2) is 37.6 Å². The van der Waals surface area contributed by atoms with Gasteiger partial charge in [-0.1, -0.05) is 6.07 Å². The lowest BCUT2D eigenvalue weighted by Crippen LogP contribution is -2.10. The Balaban J connectivity index is 2.71. The molecule has 0 fully saturated rings. The van der Waals surface area contributed by atoms with Crippen LogP contribution in [0.4, 0.5) is 0 Å². The zero-order chi connectivity index (χ0) is 16.5. The maximum atomic E-state index is 11.7. The van der Waals surface area contributed by atoms with Gasteiger partial charge in [0.1, 0.15) is 11.4 Å². The van der Waals surface area contributed by atoms with E-state index in [4.69, 9.17) is 37.4 Å². The van der Waals surface area contributed by atoms with Gasteiger partial charge >= 0.3 is 11.9 Å². The van der Waals surface area contributed by atoms with Gasteiger partial charge in [0.2, 0.25) is 5.75 Å². The van der Waals surface area contributed by atoms with Crippen molar-refractivity contribution in [1.29, 1.82) is 0 Å². The summed E-state index contributed by atoms with van der Waals surface area (Å²) in [7, 11) is 2.85. The number of carbonyl (C=O) groups is 2. The van der Waals surface area contributed by atoms with Crippen LogP contribution in [0.1, 0.15) is 0 Å². The van der Waals surface area contributed by atoms with Crippen LogP contribution in [0, 0.1) is 0 Å². The van der Waals surface area contributed by atoms with Gasteiger partial charge in [-0.2, -0.15) is 0 Å². The molecule has 0 aliphatic rings. The van der Waals surface area contributed by atoms with E-state index >= 15 is 0 Å². The van der Waals surface area contributed by atoms with Crippen molar-refractivity contribution < 1.29 is 28.5 Å². The molecule has 0 N–H and O–H groups in total. The molecule has 1 aromatic rings. The van der Waals surface area contributed by atoms with Crippen LogP contribution in [0.3, 0.4) is 0 Å². The van der Waals surface area contributed by atoms with Crippen molar-refractivity contribution in [2.75, 3.05) is 20.8 Å². The number of rotatable bonds is 7. The van der Waals surface area contributed by atoms with Crippen molar-refractivity contribution in [2.24, 2.45) is 0 Å². The van der Waals surface area contributed by atoms with Crippen LogP contribution in [0.15, 0.2) is 30.4 Å². The van der Waals surface area contributed by atoms with Crippen LogP contribution in [0.2, 0.25) is 0 Å². The van der Waals surface area contributed by atoms with Gasteiger partial charge in [0.05, 0.1) is 14.2 Å². The smallest absolute Gasteiger partial charge is 0.336 e. The highest BCUT2D eigenvalue weighted by atomic mass is 35.5. The second kappa shape index (κ2) is 9.17. The maximum Gasteiger partial charge on any atom is 0.336 e. The third-order valence-corrected chi connectivity index (χ3v) is 2.54. The molecule has 0 radical (unpaired) electrons. The minimum absolute atomic E-state index is 0.108. The second-order valence-corrected chi connectivity index (χ2v) is 5.04. The number of carbonyl (C=O) groups excluding carboxylic acids is 2. The third kappa shape index (κ3) is 5.83. The Kier molecular flexibility index (Phi) is 7.56. The van der Waals surface area contributed by atoms with Crippen LogP contribution in [-0.2, 0) is 14.3 Å². The minimum atomic E-state index is -0.831. The SMILES string of the molecule is COc1cccc(OC)c1OC(=O)/C=C/C(=O)OCC(Cl)Cl.